The lowest BCUT2D eigenvalue weighted by molar-refractivity contribution is 0.0472. The van der Waals surface area contributed by atoms with Gasteiger partial charge in [-0.3, -0.25) is 4.79 Å². The van der Waals surface area contributed by atoms with E-state index in [1.54, 1.807) is 60.7 Å². The van der Waals surface area contributed by atoms with Gasteiger partial charge >= 0.3 is 5.97 Å². The van der Waals surface area contributed by atoms with Gasteiger partial charge in [-0.05, 0) is 42.0 Å². The van der Waals surface area contributed by atoms with Crippen LogP contribution in [0, 0.1) is 0 Å². The molecule has 6 nitrogen and oxygen atoms in total. The summed E-state index contributed by atoms with van der Waals surface area (Å²) in [4.78, 5) is 25.0. The zero-order valence-corrected chi connectivity index (χ0v) is 18.6. The van der Waals surface area contributed by atoms with E-state index in [9.17, 15) is 9.59 Å². The molecule has 0 unspecified atom stereocenters. The van der Waals surface area contributed by atoms with Gasteiger partial charge in [-0.15, -0.1) is 10.2 Å². The molecule has 0 aliphatic rings. The van der Waals surface area contributed by atoms with Crippen molar-refractivity contribution in [2.45, 2.75) is 6.61 Å². The standard InChI is InChI=1S/C29H20N2O4/c32-26(21-7-3-1-4-8-21)22-13-11-20(12-14-22)19-34-29(33)25-17-15-24(16-18-25)28-31-30-27(35-28)23-9-5-2-6-10-23/h1-18H,19H2. The average molecular weight is 460 g/mol. The van der Waals surface area contributed by atoms with E-state index in [4.69, 9.17) is 9.15 Å². The van der Waals surface area contributed by atoms with E-state index in [0.29, 0.717) is 34.0 Å². The van der Waals surface area contributed by atoms with Crippen LogP contribution in [0.15, 0.2) is 114 Å². The highest BCUT2D eigenvalue weighted by atomic mass is 16.5. The smallest absolute Gasteiger partial charge is 0.338 e. The molecule has 0 spiro atoms. The number of aromatic nitrogens is 2. The molecule has 0 radical (unpaired) electrons. The maximum Gasteiger partial charge on any atom is 0.338 e. The van der Waals surface area contributed by atoms with Gasteiger partial charge in [-0.2, -0.15) is 0 Å². The summed E-state index contributed by atoms with van der Waals surface area (Å²) in [6.45, 7) is 0.102. The SMILES string of the molecule is O=C(OCc1ccc(C(=O)c2ccccc2)cc1)c1ccc(-c2nnc(-c3ccccc3)o2)cc1. The Labute approximate surface area is 201 Å². The molecule has 1 heterocycles. The Kier molecular flexibility index (Phi) is 6.26. The van der Waals surface area contributed by atoms with E-state index in [-0.39, 0.29) is 12.4 Å². The van der Waals surface area contributed by atoms with Crippen molar-refractivity contribution in [2.24, 2.45) is 0 Å². The molecular formula is C29H20N2O4. The van der Waals surface area contributed by atoms with E-state index in [2.05, 4.69) is 10.2 Å². The summed E-state index contributed by atoms with van der Waals surface area (Å²) in [6.07, 6.45) is 0. The van der Waals surface area contributed by atoms with Crippen molar-refractivity contribution in [2.75, 3.05) is 0 Å². The molecule has 4 aromatic carbocycles. The monoisotopic (exact) mass is 460 g/mol. The fourth-order valence-electron chi connectivity index (χ4n) is 3.53. The Morgan fingerprint density at radius 1 is 0.600 bits per heavy atom. The van der Waals surface area contributed by atoms with E-state index >= 15 is 0 Å². The quantitative estimate of drug-likeness (QED) is 0.219. The van der Waals surface area contributed by atoms with Gasteiger partial charge in [0.2, 0.25) is 11.8 Å². The van der Waals surface area contributed by atoms with E-state index in [1.165, 1.54) is 0 Å². The summed E-state index contributed by atoms with van der Waals surface area (Å²) < 4.78 is 11.2. The molecule has 1 aromatic heterocycles. The van der Waals surface area contributed by atoms with Crippen LogP contribution in [-0.4, -0.2) is 21.9 Å². The van der Waals surface area contributed by atoms with Crippen molar-refractivity contribution >= 4 is 11.8 Å². The lowest BCUT2D eigenvalue weighted by Gasteiger charge is -2.07. The number of rotatable bonds is 7. The first-order chi connectivity index (χ1) is 17.2. The van der Waals surface area contributed by atoms with E-state index < -0.39 is 5.97 Å². The van der Waals surface area contributed by atoms with E-state index in [1.807, 2.05) is 48.5 Å². The molecule has 5 rings (SSSR count). The molecule has 170 valence electrons. The second-order valence-corrected chi connectivity index (χ2v) is 7.82. The van der Waals surface area contributed by atoms with Gasteiger partial charge in [0.15, 0.2) is 5.78 Å². The van der Waals surface area contributed by atoms with Crippen LogP contribution in [0.1, 0.15) is 31.8 Å². The minimum atomic E-state index is -0.448. The van der Waals surface area contributed by atoms with Crippen LogP contribution in [0.25, 0.3) is 22.9 Å². The van der Waals surface area contributed by atoms with Crippen LogP contribution in [0.2, 0.25) is 0 Å². The highest BCUT2D eigenvalue weighted by Gasteiger charge is 2.13. The molecule has 0 saturated heterocycles. The first-order valence-electron chi connectivity index (χ1n) is 11.0. The fourth-order valence-corrected chi connectivity index (χ4v) is 3.53. The van der Waals surface area contributed by atoms with Crippen molar-refractivity contribution in [1.29, 1.82) is 0 Å². The van der Waals surface area contributed by atoms with Crippen LogP contribution in [-0.2, 0) is 11.3 Å². The molecule has 0 fully saturated rings. The van der Waals surface area contributed by atoms with Crippen LogP contribution in [0.5, 0.6) is 0 Å². The van der Waals surface area contributed by atoms with Gasteiger partial charge < -0.3 is 9.15 Å². The zero-order chi connectivity index (χ0) is 24.0. The number of nitrogens with zero attached hydrogens (tertiary/aromatic N) is 2. The van der Waals surface area contributed by atoms with Gasteiger partial charge in [-0.25, -0.2) is 4.79 Å². The highest BCUT2D eigenvalue weighted by molar-refractivity contribution is 6.08. The molecule has 35 heavy (non-hydrogen) atoms. The minimum absolute atomic E-state index is 0.0497. The number of ether oxygens (including phenoxy) is 1. The Morgan fingerprint density at radius 2 is 1.11 bits per heavy atom. The molecule has 0 bridgehead atoms. The summed E-state index contributed by atoms with van der Waals surface area (Å²) in [5.41, 5.74) is 3.95. The molecule has 0 saturated carbocycles. The topological polar surface area (TPSA) is 82.3 Å². The largest absolute Gasteiger partial charge is 0.457 e. The van der Waals surface area contributed by atoms with Crippen LogP contribution in [0.3, 0.4) is 0 Å². The summed E-state index contributed by atoms with van der Waals surface area (Å²) in [5.74, 6) is 0.303. The predicted molar refractivity (Wildman–Crippen MR) is 131 cm³/mol. The van der Waals surface area contributed by atoms with Gasteiger partial charge in [0, 0.05) is 22.3 Å². The number of ketones is 1. The van der Waals surface area contributed by atoms with Gasteiger partial charge in [0.05, 0.1) is 5.56 Å². The number of hydrogen-bond donors (Lipinski definition) is 0. The summed E-state index contributed by atoms with van der Waals surface area (Å²) in [6, 6.07) is 32.4. The Hall–Kier alpha value is -4.84. The van der Waals surface area contributed by atoms with Gasteiger partial charge in [0.25, 0.3) is 0 Å². The number of carbonyl (C=O) groups is 2. The summed E-state index contributed by atoms with van der Waals surface area (Å²) in [5, 5.41) is 8.18. The number of carbonyl (C=O) groups excluding carboxylic acids is 2. The van der Waals surface area contributed by atoms with Gasteiger partial charge in [0.1, 0.15) is 6.61 Å². The van der Waals surface area contributed by atoms with Crippen molar-refractivity contribution in [3.8, 4) is 22.9 Å². The van der Waals surface area contributed by atoms with Crippen molar-refractivity contribution < 1.29 is 18.7 Å². The van der Waals surface area contributed by atoms with Crippen molar-refractivity contribution in [3.05, 3.63) is 131 Å². The first kappa shape index (κ1) is 22.0. The minimum Gasteiger partial charge on any atom is -0.457 e. The summed E-state index contributed by atoms with van der Waals surface area (Å²) >= 11 is 0. The molecule has 6 heteroatoms. The Bertz CT molecular complexity index is 1440. The van der Waals surface area contributed by atoms with Crippen LogP contribution in [0.4, 0.5) is 0 Å². The molecule has 0 amide bonds. The normalized spacial score (nSPS) is 10.6. The maximum absolute atomic E-state index is 12.5. The third-order valence-corrected chi connectivity index (χ3v) is 5.44. The van der Waals surface area contributed by atoms with Crippen molar-refractivity contribution in [3.63, 3.8) is 0 Å². The van der Waals surface area contributed by atoms with Crippen LogP contribution >= 0.6 is 0 Å². The second kappa shape index (κ2) is 9.97. The third kappa shape index (κ3) is 5.07. The molecule has 0 aliphatic heterocycles. The lowest BCUT2D eigenvalue weighted by Crippen LogP contribution is -2.06. The maximum atomic E-state index is 12.5. The number of benzene rings is 4. The number of hydrogen-bond acceptors (Lipinski definition) is 6. The Morgan fingerprint density at radius 3 is 1.74 bits per heavy atom. The average Bonchev–Trinajstić information content (AvgIpc) is 3.43. The second-order valence-electron chi connectivity index (χ2n) is 7.82. The molecule has 0 aliphatic carbocycles. The molecule has 5 aromatic rings. The molecule has 0 atom stereocenters. The highest BCUT2D eigenvalue weighted by Crippen LogP contribution is 2.24. The van der Waals surface area contributed by atoms with Crippen LogP contribution < -0.4 is 0 Å². The zero-order valence-electron chi connectivity index (χ0n) is 18.6. The lowest BCUT2D eigenvalue weighted by atomic mass is 10.0. The van der Waals surface area contributed by atoms with E-state index in [0.717, 1.165) is 11.1 Å². The van der Waals surface area contributed by atoms with Crippen molar-refractivity contribution in [1.82, 2.24) is 10.2 Å². The Balaban J connectivity index is 1.19. The number of esters is 1. The predicted octanol–water partition coefficient (Wildman–Crippen LogP) is 5.99. The van der Waals surface area contributed by atoms with Gasteiger partial charge in [-0.1, -0.05) is 72.8 Å². The first-order valence-corrected chi connectivity index (χ1v) is 11.0. The molecule has 0 N–H and O–H groups in total. The summed E-state index contributed by atoms with van der Waals surface area (Å²) in [7, 11) is 0. The fraction of sp³-hybridized carbons (Fsp3) is 0.0345. The third-order valence-electron chi connectivity index (χ3n) is 5.44. The molecular weight excluding hydrogens is 440 g/mol.